The lowest BCUT2D eigenvalue weighted by Gasteiger charge is -2.02. The van der Waals surface area contributed by atoms with Gasteiger partial charge in [0, 0.05) is 21.8 Å². The Morgan fingerprint density at radius 1 is 0.259 bits per heavy atom. The summed E-state index contributed by atoms with van der Waals surface area (Å²) in [7, 11) is 0. The molecule has 11 aromatic rings. The SMILES string of the molecule is c1ccc2c(c1)Cc1ccccc1-2.c1ccc2c(c1)[nH]c1ccccc12.c1ccc2c(c1)ccc1ccccc12.c1ccc2cc3ccccc3cc2c1. The third-order valence-corrected chi connectivity index (χ3v) is 10.4. The molecule has 0 fully saturated rings. The van der Waals surface area contributed by atoms with Crippen molar-refractivity contribution in [2.75, 3.05) is 0 Å². The Balaban J connectivity index is 0.0000000950. The molecule has 0 spiro atoms. The van der Waals surface area contributed by atoms with Crippen LogP contribution < -0.4 is 0 Å². The number of H-pyrrole nitrogens is 1. The molecule has 0 amide bonds. The molecule has 1 aliphatic carbocycles. The zero-order valence-electron chi connectivity index (χ0n) is 30.0. The Bertz CT molecular complexity index is 2770. The lowest BCUT2D eigenvalue weighted by atomic mass is 10.0. The first-order chi connectivity index (χ1) is 26.8. The lowest BCUT2D eigenvalue weighted by molar-refractivity contribution is 1.26. The minimum absolute atomic E-state index is 1.10. The third kappa shape index (κ3) is 6.72. The molecular formula is C53H39N. The molecule has 0 aliphatic heterocycles. The summed E-state index contributed by atoms with van der Waals surface area (Å²) in [5.74, 6) is 0. The molecule has 0 unspecified atom stereocenters. The highest BCUT2D eigenvalue weighted by atomic mass is 14.7. The molecule has 10 aromatic carbocycles. The van der Waals surface area contributed by atoms with Crippen molar-refractivity contribution in [3.63, 3.8) is 0 Å². The van der Waals surface area contributed by atoms with Crippen molar-refractivity contribution in [1.29, 1.82) is 0 Å². The Labute approximate surface area is 315 Å². The van der Waals surface area contributed by atoms with Crippen LogP contribution in [0.25, 0.3) is 76.0 Å². The summed E-state index contributed by atoms with van der Waals surface area (Å²) >= 11 is 0. The van der Waals surface area contributed by atoms with E-state index in [4.69, 9.17) is 0 Å². The third-order valence-electron chi connectivity index (χ3n) is 10.4. The van der Waals surface area contributed by atoms with E-state index >= 15 is 0 Å². The smallest absolute Gasteiger partial charge is 0.0464 e. The molecule has 1 N–H and O–H groups in total. The fourth-order valence-corrected chi connectivity index (χ4v) is 7.72. The number of hydrogen-bond donors (Lipinski definition) is 1. The fourth-order valence-electron chi connectivity index (χ4n) is 7.72. The normalized spacial score (nSPS) is 11.3. The molecule has 1 aliphatic rings. The van der Waals surface area contributed by atoms with Gasteiger partial charge in [0.15, 0.2) is 0 Å². The summed E-state index contributed by atoms with van der Waals surface area (Å²) in [6.07, 6.45) is 1.10. The number of benzene rings is 10. The standard InChI is InChI=1S/2C14H10.C13H10.C12H9N/c1-3-7-13-11(5-1)9-10-12-6-2-4-8-14(12)13;1-2-6-12-10-14-8-4-3-7-13(14)9-11(12)5-1;1-3-7-12-10(5-1)9-11-6-2-4-8-13(11)12;1-3-7-11-9(5-1)10-6-2-4-8-12(10)13-11/h2*1-10H;1-8H,9H2;1-8,13H. The Morgan fingerprint density at radius 2 is 0.574 bits per heavy atom. The van der Waals surface area contributed by atoms with Crippen molar-refractivity contribution in [3.8, 4) is 11.1 Å². The Hall–Kier alpha value is -6.96. The van der Waals surface area contributed by atoms with Gasteiger partial charge in [-0.25, -0.2) is 0 Å². The van der Waals surface area contributed by atoms with Crippen molar-refractivity contribution in [2.24, 2.45) is 0 Å². The summed E-state index contributed by atoms with van der Waals surface area (Å²) in [5.41, 5.74) is 8.18. The largest absolute Gasteiger partial charge is 0.355 e. The molecule has 0 bridgehead atoms. The van der Waals surface area contributed by atoms with E-state index in [2.05, 4.69) is 223 Å². The molecule has 1 heterocycles. The zero-order valence-corrected chi connectivity index (χ0v) is 30.0. The summed E-state index contributed by atoms with van der Waals surface area (Å²) in [6, 6.07) is 76.9. The zero-order chi connectivity index (χ0) is 36.1. The van der Waals surface area contributed by atoms with Crippen molar-refractivity contribution in [2.45, 2.75) is 6.42 Å². The maximum atomic E-state index is 3.38. The average molecular weight is 690 g/mol. The average Bonchev–Trinajstić information content (AvgIpc) is 3.82. The van der Waals surface area contributed by atoms with Crippen molar-refractivity contribution < 1.29 is 0 Å². The first-order valence-corrected chi connectivity index (χ1v) is 18.6. The predicted molar refractivity (Wildman–Crippen MR) is 233 cm³/mol. The van der Waals surface area contributed by atoms with Crippen LogP contribution in [0.4, 0.5) is 0 Å². The highest BCUT2D eigenvalue weighted by molar-refractivity contribution is 6.08. The van der Waals surface area contributed by atoms with Gasteiger partial charge in [-0.1, -0.05) is 194 Å². The van der Waals surface area contributed by atoms with Gasteiger partial charge in [-0.3, -0.25) is 0 Å². The summed E-state index contributed by atoms with van der Waals surface area (Å²) in [6.45, 7) is 0. The minimum Gasteiger partial charge on any atom is -0.355 e. The highest BCUT2D eigenvalue weighted by Gasteiger charge is 2.15. The van der Waals surface area contributed by atoms with Gasteiger partial charge in [0.25, 0.3) is 0 Å². The Kier molecular flexibility index (Phi) is 9.11. The number of aromatic nitrogens is 1. The molecule has 0 radical (unpaired) electrons. The van der Waals surface area contributed by atoms with E-state index in [1.54, 1.807) is 0 Å². The maximum absolute atomic E-state index is 3.38. The van der Waals surface area contributed by atoms with Gasteiger partial charge in [0.2, 0.25) is 0 Å². The molecule has 0 saturated carbocycles. The monoisotopic (exact) mass is 689 g/mol. The molecule has 12 rings (SSSR count). The van der Waals surface area contributed by atoms with Crippen LogP contribution in [0.3, 0.4) is 0 Å². The number of rotatable bonds is 0. The van der Waals surface area contributed by atoms with Crippen LogP contribution >= 0.6 is 0 Å². The molecule has 1 heteroatoms. The van der Waals surface area contributed by atoms with E-state index in [1.807, 2.05) is 0 Å². The number of nitrogens with one attached hydrogen (secondary N) is 1. The van der Waals surface area contributed by atoms with Crippen LogP contribution in [0.15, 0.2) is 218 Å². The second kappa shape index (κ2) is 14.9. The van der Waals surface area contributed by atoms with Crippen LogP contribution in [0.5, 0.6) is 0 Å². The van der Waals surface area contributed by atoms with Gasteiger partial charge >= 0.3 is 0 Å². The van der Waals surface area contributed by atoms with Crippen molar-refractivity contribution in [3.05, 3.63) is 230 Å². The van der Waals surface area contributed by atoms with E-state index in [-0.39, 0.29) is 0 Å². The highest BCUT2D eigenvalue weighted by Crippen LogP contribution is 2.35. The van der Waals surface area contributed by atoms with E-state index in [9.17, 15) is 0 Å². The molecule has 1 nitrogen and oxygen atoms in total. The number of para-hydroxylation sites is 2. The Morgan fingerprint density at radius 3 is 1.00 bits per heavy atom. The quantitative estimate of drug-likeness (QED) is 0.120. The van der Waals surface area contributed by atoms with Crippen LogP contribution in [-0.2, 0) is 6.42 Å². The van der Waals surface area contributed by atoms with Gasteiger partial charge in [0.05, 0.1) is 0 Å². The van der Waals surface area contributed by atoms with E-state index in [0.717, 1.165) is 6.42 Å². The van der Waals surface area contributed by atoms with E-state index in [0.29, 0.717) is 0 Å². The second-order valence-corrected chi connectivity index (χ2v) is 13.8. The van der Waals surface area contributed by atoms with Gasteiger partial charge < -0.3 is 4.98 Å². The molecule has 54 heavy (non-hydrogen) atoms. The van der Waals surface area contributed by atoms with Gasteiger partial charge in [-0.15, -0.1) is 0 Å². The van der Waals surface area contributed by atoms with Crippen molar-refractivity contribution in [1.82, 2.24) is 4.98 Å². The van der Waals surface area contributed by atoms with Gasteiger partial charge in [-0.05, 0) is 96.0 Å². The van der Waals surface area contributed by atoms with Gasteiger partial charge in [0.1, 0.15) is 0 Å². The number of hydrogen-bond acceptors (Lipinski definition) is 0. The van der Waals surface area contributed by atoms with Crippen LogP contribution in [0.2, 0.25) is 0 Å². The van der Waals surface area contributed by atoms with Crippen LogP contribution in [-0.4, -0.2) is 4.98 Å². The number of fused-ring (bicyclic) bond motifs is 11. The van der Waals surface area contributed by atoms with E-state index in [1.165, 1.54) is 87.1 Å². The van der Waals surface area contributed by atoms with Gasteiger partial charge in [-0.2, -0.15) is 0 Å². The number of aromatic amines is 1. The van der Waals surface area contributed by atoms with Crippen LogP contribution in [0, 0.1) is 0 Å². The minimum atomic E-state index is 1.10. The summed E-state index contributed by atoms with van der Waals surface area (Å²) in [4.78, 5) is 3.38. The molecule has 1 aromatic heterocycles. The first kappa shape index (κ1) is 32.9. The summed E-state index contributed by atoms with van der Waals surface area (Å²) in [5, 5.41) is 13.2. The molecule has 256 valence electrons. The summed E-state index contributed by atoms with van der Waals surface area (Å²) < 4.78 is 0. The maximum Gasteiger partial charge on any atom is 0.0464 e. The second-order valence-electron chi connectivity index (χ2n) is 13.8. The van der Waals surface area contributed by atoms with Crippen LogP contribution in [0.1, 0.15) is 11.1 Å². The van der Waals surface area contributed by atoms with E-state index < -0.39 is 0 Å². The molecular weight excluding hydrogens is 651 g/mol. The first-order valence-electron chi connectivity index (χ1n) is 18.6. The topological polar surface area (TPSA) is 15.8 Å². The predicted octanol–water partition coefficient (Wildman–Crippen LogP) is 14.6. The molecule has 0 saturated heterocycles. The lowest BCUT2D eigenvalue weighted by Crippen LogP contribution is -1.77. The molecule has 0 atom stereocenters. The fraction of sp³-hybridized carbons (Fsp3) is 0.0189. The van der Waals surface area contributed by atoms with Crippen molar-refractivity contribution >= 4 is 64.9 Å².